The minimum Gasteiger partial charge on any atom is -0.373 e. The van der Waals surface area contributed by atoms with E-state index in [0.29, 0.717) is 125 Å². The quantitative estimate of drug-likeness (QED) is 0.0678. The molecule has 37 nitrogen and oxygen atoms in total. The van der Waals surface area contributed by atoms with Crippen molar-refractivity contribution in [2.24, 2.45) is 10.3 Å². The second kappa shape index (κ2) is 41.5. The van der Waals surface area contributed by atoms with E-state index in [1.807, 2.05) is 83.6 Å². The first-order valence-corrected chi connectivity index (χ1v) is 45.7. The van der Waals surface area contributed by atoms with Crippen LogP contribution in [-0.4, -0.2) is 224 Å². The number of alkyl halides is 8. The van der Waals surface area contributed by atoms with Gasteiger partial charge in [0.1, 0.15) is 113 Å². The number of imidazole rings is 5. The van der Waals surface area contributed by atoms with Gasteiger partial charge in [-0.25, -0.2) is 127 Å². The number of carbonyl (C=O) groups excluding carboxylic acids is 1. The van der Waals surface area contributed by atoms with Crippen LogP contribution in [0.5, 0.6) is 0 Å². The molecule has 47 heteroatoms. The number of fused-ring (bicyclic) bond motifs is 6. The Morgan fingerprint density at radius 1 is 0.486 bits per heavy atom. The minimum absolute atomic E-state index is 0.0110. The summed E-state index contributed by atoms with van der Waals surface area (Å²) in [5, 5.41) is 37.1. The fourth-order valence-electron chi connectivity index (χ4n) is 16.4. The van der Waals surface area contributed by atoms with E-state index >= 15 is 0 Å². The van der Waals surface area contributed by atoms with Crippen molar-refractivity contribution in [3.63, 3.8) is 0 Å². The number of halogens is 9. The fourth-order valence-corrected chi connectivity index (χ4v) is 17.8. The number of aromatic nitrogens is 28. The summed E-state index contributed by atoms with van der Waals surface area (Å²) in [4.78, 5) is 84.6. The van der Waals surface area contributed by atoms with Crippen molar-refractivity contribution in [1.82, 2.24) is 142 Å². The Kier molecular flexibility index (Phi) is 27.8. The topological polar surface area (TPSA) is 403 Å². The zero-order chi connectivity index (χ0) is 95.5. The highest BCUT2D eigenvalue weighted by Gasteiger charge is 2.31. The van der Waals surface area contributed by atoms with E-state index in [-0.39, 0.29) is 53.0 Å². The molecule has 1 amide bonds. The van der Waals surface area contributed by atoms with Crippen LogP contribution in [0.15, 0.2) is 225 Å². The Morgan fingerprint density at radius 2 is 0.971 bits per heavy atom. The van der Waals surface area contributed by atoms with Crippen LogP contribution in [0.4, 0.5) is 52.6 Å². The van der Waals surface area contributed by atoms with Gasteiger partial charge in [-0.15, -0.1) is 10.2 Å². The maximum absolute atomic E-state index is 13.1. The second-order valence-corrected chi connectivity index (χ2v) is 35.2. The van der Waals surface area contributed by atoms with Crippen LogP contribution >= 0.6 is 11.6 Å². The van der Waals surface area contributed by atoms with Crippen LogP contribution in [-0.2, 0) is 38.9 Å². The van der Waals surface area contributed by atoms with Gasteiger partial charge in [0.05, 0.1) is 90.5 Å². The van der Waals surface area contributed by atoms with Gasteiger partial charge in [-0.1, -0.05) is 41.9 Å². The molecular weight excluding hydrogens is 1840 g/mol. The number of ether oxygens (including phenoxy) is 1. The molecule has 0 aliphatic carbocycles. The van der Waals surface area contributed by atoms with Gasteiger partial charge < -0.3 is 28.9 Å². The summed E-state index contributed by atoms with van der Waals surface area (Å²) in [6.07, 6.45) is 17.0. The lowest BCUT2D eigenvalue weighted by Crippen LogP contribution is -2.44. The lowest BCUT2D eigenvalue weighted by molar-refractivity contribution is -0.131. The summed E-state index contributed by atoms with van der Waals surface area (Å²) >= 11 is 5.99. The number of benzene rings is 1. The predicted molar refractivity (Wildman–Crippen MR) is 490 cm³/mol. The molecule has 17 aromatic heterocycles. The van der Waals surface area contributed by atoms with Crippen LogP contribution in [0.2, 0.25) is 5.15 Å². The van der Waals surface area contributed by atoms with Crippen molar-refractivity contribution in [3.8, 4) is 74.1 Å². The number of rotatable bonds is 19. The van der Waals surface area contributed by atoms with Crippen LogP contribution in [0.3, 0.4) is 0 Å². The number of hydrogen-bond donors (Lipinski definition) is 0. The number of morpholine rings is 1. The maximum Gasteiger partial charge on any atom is 0.282 e. The number of anilines is 3. The van der Waals surface area contributed by atoms with Crippen LogP contribution in [0.1, 0.15) is 103 Å². The summed E-state index contributed by atoms with van der Waals surface area (Å²) in [5.74, 6) is 2.86. The van der Waals surface area contributed by atoms with E-state index in [1.54, 1.807) is 90.8 Å². The summed E-state index contributed by atoms with van der Waals surface area (Å²) in [5.41, 5.74) is 12.6. The lowest BCUT2D eigenvalue weighted by atomic mass is 9.94. The van der Waals surface area contributed by atoms with Crippen molar-refractivity contribution in [2.45, 2.75) is 89.5 Å². The van der Waals surface area contributed by atoms with E-state index in [0.717, 1.165) is 102 Å². The van der Waals surface area contributed by atoms with Crippen LogP contribution < -0.4 is 14.7 Å². The molecule has 4 atom stereocenters. The van der Waals surface area contributed by atoms with Crippen molar-refractivity contribution in [2.75, 3.05) is 79.6 Å². The molecule has 4 unspecified atom stereocenters. The van der Waals surface area contributed by atoms with Gasteiger partial charge in [0.15, 0.2) is 28.2 Å². The third-order valence-electron chi connectivity index (χ3n) is 23.2. The Balaban J connectivity index is 0.000000115. The Hall–Kier alpha value is -15.9. The van der Waals surface area contributed by atoms with Crippen molar-refractivity contribution in [1.29, 1.82) is 5.26 Å². The van der Waals surface area contributed by atoms with Gasteiger partial charge in [-0.05, 0) is 128 Å². The molecule has 21 heterocycles. The first-order chi connectivity index (χ1) is 67.1. The Labute approximate surface area is 784 Å². The van der Waals surface area contributed by atoms with Crippen LogP contribution in [0, 0.1) is 17.2 Å². The van der Waals surface area contributed by atoms with Crippen molar-refractivity contribution >= 4 is 72.9 Å². The number of nitrogens with zero attached hydrogens (tertiary/aromatic N) is 34. The fraction of sp³-hybridized carbons (Fsp3) is 0.275. The molecule has 0 bridgehead atoms. The number of hydrogen-bond acceptors (Lipinski definition) is 30. The molecule has 0 spiro atoms. The van der Waals surface area contributed by atoms with E-state index in [4.69, 9.17) is 21.6 Å². The molecule has 3 fully saturated rings. The molecule has 0 N–H and O–H groups in total. The molecule has 702 valence electrons. The molecule has 4 aliphatic heterocycles. The van der Waals surface area contributed by atoms with Gasteiger partial charge in [-0.3, -0.25) is 19.0 Å². The standard InChI is InChI=1S/C19H23F2N7OS.C19H17F2N7O.C18H17F2N9O.C18H13F2N7.C17H11ClN4/c1-22-30(2,29)11-13-4-3-7-27(10-13)18-8-15(24-12-25-18)16-9-23-17-6-5-14(19(20)21)26-28(16)17;20-19(21)13-3-4-17-23-9-16(28(17)26-13)15-8-14(24-11-25-15)12-2-1-7-27(10-12)18(29)5-6-22;19-18(20)13-1-2-16-21-6-15(29(16)26-13)14-5-17(23-9-22-14)28-3-4-30-12(8-28)7-27-10-24-25-11-27;19-18(20)13-1-2-16-22-7-15(27(16)25-13)14-5-17(24-10-23-14)26-8-11-3-4-21-6-12(11)9-26;18-16-6-7-17-20-11-15(22(17)21-16)13-8-9-19-14(10-13)12-4-2-1-3-5-12/h5-6,8-9,12-13,19H,3-4,7,10-11H2,1-2H3;3-4,8-9,11-12,19H,1-2,5,7,10H2;1-2,5-6,9-12,18H,3-4,7-8H2;1-7,10,18H,8-9H2;1-11H. The first-order valence-electron chi connectivity index (χ1n) is 43.3. The number of pyridine rings is 2. The minimum atomic E-state index is -2.69. The largest absolute Gasteiger partial charge is 0.373 e. The molecule has 1 aromatic carbocycles. The maximum atomic E-state index is 13.1. The summed E-state index contributed by atoms with van der Waals surface area (Å²) in [7, 11) is -0.569. The number of piperidine rings is 2. The van der Waals surface area contributed by atoms with Gasteiger partial charge in [0.2, 0.25) is 5.91 Å². The molecule has 3 saturated heterocycles. The molecule has 4 aliphatic rings. The number of nitriles is 1. The third-order valence-corrected chi connectivity index (χ3v) is 25.2. The van der Waals surface area contributed by atoms with Gasteiger partial charge in [-0.2, -0.15) is 30.8 Å². The smallest absolute Gasteiger partial charge is 0.282 e. The lowest BCUT2D eigenvalue weighted by Gasteiger charge is -2.33. The third kappa shape index (κ3) is 21.2. The van der Waals surface area contributed by atoms with Crippen molar-refractivity contribution < 1.29 is 48.9 Å². The first kappa shape index (κ1) is 92.5. The van der Waals surface area contributed by atoms with Crippen molar-refractivity contribution in [3.05, 3.63) is 266 Å². The van der Waals surface area contributed by atoms with E-state index in [1.165, 1.54) is 104 Å². The highest BCUT2D eigenvalue weighted by molar-refractivity contribution is 7.92. The molecule has 138 heavy (non-hydrogen) atoms. The zero-order valence-electron chi connectivity index (χ0n) is 73.4. The van der Waals surface area contributed by atoms with Gasteiger partial charge in [0, 0.05) is 141 Å². The number of amides is 1. The molecule has 18 aromatic rings. The Morgan fingerprint density at radius 3 is 1.49 bits per heavy atom. The van der Waals surface area contributed by atoms with Gasteiger partial charge in [0.25, 0.3) is 25.7 Å². The highest BCUT2D eigenvalue weighted by atomic mass is 35.5. The van der Waals surface area contributed by atoms with E-state index in [2.05, 4.69) is 130 Å². The summed E-state index contributed by atoms with van der Waals surface area (Å²) < 4.78 is 136. The number of carbonyl (C=O) groups is 1. The van der Waals surface area contributed by atoms with Gasteiger partial charge >= 0.3 is 0 Å². The zero-order valence-corrected chi connectivity index (χ0v) is 75.0. The SMILES string of the molecule is CN=S(C)(=O)CC1CCCN(c2cc(-c3cnc4ccc(C(F)F)nn34)ncn2)C1.Clc1ccc2ncc(-c3ccnc(-c4ccccc4)c3)n2n1.FC(F)c1ccc2ncc(-c3cc(N4CCOC(Cn5cnnc5)C4)ncn3)n2n1.FC(F)c1ccc2ncc(-c3cc(N4Cc5ccncc5C4)ncn3)n2n1.N#CCC(=O)N1CCCC(c2cc(-c3cnc4ccc(C(F)F)nn34)ncn2)C1. The molecular formula is C91H81ClF8N34O3S. The normalized spacial score (nSPS) is 15.9. The predicted octanol–water partition coefficient (Wildman–Crippen LogP) is 14.6. The Bertz CT molecular complexity index is 7520. The summed E-state index contributed by atoms with van der Waals surface area (Å²) in [6, 6.07) is 39.8. The second-order valence-electron chi connectivity index (χ2n) is 32.2. The van der Waals surface area contributed by atoms with E-state index in [9.17, 15) is 44.1 Å². The summed E-state index contributed by atoms with van der Waals surface area (Å²) in [6.45, 7) is 6.62. The van der Waals surface area contributed by atoms with E-state index < -0.39 is 35.4 Å². The average molecular weight is 1920 g/mol. The highest BCUT2D eigenvalue weighted by Crippen LogP contribution is 2.36. The molecule has 22 rings (SSSR count). The average Bonchev–Trinajstić information content (AvgIpc) is 1.64. The van der Waals surface area contributed by atoms with Crippen LogP contribution in [0.25, 0.3) is 96.3 Å². The molecule has 0 saturated carbocycles. The molecule has 0 radical (unpaired) electrons. The monoisotopic (exact) mass is 1920 g/mol. The number of likely N-dealkylation sites (tertiary alicyclic amines) is 1.